The molecule has 0 bridgehead atoms. The van der Waals surface area contributed by atoms with Crippen molar-refractivity contribution in [2.75, 3.05) is 0 Å². The van der Waals surface area contributed by atoms with Crippen LogP contribution in [0.15, 0.2) is 37.5 Å². The Kier molecular flexibility index (Phi) is 10.3. The quantitative estimate of drug-likeness (QED) is 0.161. The number of unbranched alkanes of at least 4 members (excludes halogenated alkanes) is 6. The van der Waals surface area contributed by atoms with E-state index in [1.807, 2.05) is 20.8 Å². The minimum Gasteiger partial charge on any atom is -0.458 e. The molecule has 6 heteroatoms. The molecule has 0 aliphatic carbocycles. The molecule has 6 nitrogen and oxygen atoms in total. The first kappa shape index (κ1) is 29.3. The molecular formula is C29H46O6. The van der Waals surface area contributed by atoms with Gasteiger partial charge in [0.15, 0.2) is 11.4 Å². The highest BCUT2D eigenvalue weighted by molar-refractivity contribution is 5.82. The topological polar surface area (TPSA) is 71.1 Å². The molecule has 0 amide bonds. The van der Waals surface area contributed by atoms with E-state index in [4.69, 9.17) is 18.9 Å². The number of hydrogen-bond acceptors (Lipinski definition) is 6. The second kappa shape index (κ2) is 12.4. The summed E-state index contributed by atoms with van der Waals surface area (Å²) in [6.45, 7) is 21.2. The zero-order chi connectivity index (χ0) is 26.3. The van der Waals surface area contributed by atoms with Crippen molar-refractivity contribution in [3.8, 4) is 0 Å². The molecule has 0 aromatic rings. The van der Waals surface area contributed by atoms with Crippen LogP contribution < -0.4 is 0 Å². The average Bonchev–Trinajstić information content (AvgIpc) is 3.21. The second-order valence-electron chi connectivity index (χ2n) is 10.9. The van der Waals surface area contributed by atoms with Crippen molar-refractivity contribution in [1.29, 1.82) is 0 Å². The largest absolute Gasteiger partial charge is 0.458 e. The molecule has 0 aromatic heterocycles. The average molecular weight is 491 g/mol. The second-order valence-corrected chi connectivity index (χ2v) is 10.9. The lowest BCUT2D eigenvalue weighted by Crippen LogP contribution is -2.48. The summed E-state index contributed by atoms with van der Waals surface area (Å²) >= 11 is 0. The van der Waals surface area contributed by atoms with Gasteiger partial charge < -0.3 is 18.9 Å². The number of carbonyl (C=O) groups excluding carboxylic acids is 2. The maximum Gasteiger partial charge on any atom is 0.340 e. The third-order valence-corrected chi connectivity index (χ3v) is 6.88. The molecule has 198 valence electrons. The lowest BCUT2D eigenvalue weighted by atomic mass is 9.81. The first-order valence-corrected chi connectivity index (χ1v) is 13.2. The highest BCUT2D eigenvalue weighted by Crippen LogP contribution is 2.56. The van der Waals surface area contributed by atoms with Crippen molar-refractivity contribution in [2.45, 2.75) is 122 Å². The summed E-state index contributed by atoms with van der Waals surface area (Å²) in [7, 11) is 0. The maximum atomic E-state index is 13.4. The summed E-state index contributed by atoms with van der Waals surface area (Å²) in [6, 6.07) is 0. The normalized spacial score (nSPS) is 30.4. The summed E-state index contributed by atoms with van der Waals surface area (Å²) in [5, 5.41) is 0. The van der Waals surface area contributed by atoms with Gasteiger partial charge in [-0.15, -0.1) is 13.2 Å². The maximum absolute atomic E-state index is 13.4. The summed E-state index contributed by atoms with van der Waals surface area (Å²) in [5.41, 5.74) is -1.32. The fourth-order valence-electron chi connectivity index (χ4n) is 5.15. The Morgan fingerprint density at radius 2 is 1.74 bits per heavy atom. The van der Waals surface area contributed by atoms with Crippen LogP contribution in [-0.2, 0) is 28.5 Å². The van der Waals surface area contributed by atoms with Crippen LogP contribution in [0.3, 0.4) is 0 Å². The number of ether oxygens (including phenoxy) is 4. The minimum atomic E-state index is -1.34. The molecule has 35 heavy (non-hydrogen) atoms. The van der Waals surface area contributed by atoms with Crippen LogP contribution in [0.4, 0.5) is 0 Å². The number of esters is 2. The molecule has 2 heterocycles. The van der Waals surface area contributed by atoms with Crippen LogP contribution in [0, 0.1) is 11.8 Å². The molecule has 0 saturated carbocycles. The van der Waals surface area contributed by atoms with Crippen molar-refractivity contribution in [1.82, 2.24) is 0 Å². The van der Waals surface area contributed by atoms with Crippen molar-refractivity contribution >= 4 is 11.9 Å². The molecule has 0 N–H and O–H groups in total. The van der Waals surface area contributed by atoms with E-state index < -0.39 is 35.2 Å². The molecule has 3 unspecified atom stereocenters. The molecule has 2 saturated heterocycles. The molecule has 0 radical (unpaired) electrons. The van der Waals surface area contributed by atoms with Crippen molar-refractivity contribution in [3.05, 3.63) is 37.5 Å². The zero-order valence-electron chi connectivity index (χ0n) is 22.5. The van der Waals surface area contributed by atoms with Crippen LogP contribution in [0.5, 0.6) is 0 Å². The fraction of sp³-hybridized carbons (Fsp3) is 0.724. The van der Waals surface area contributed by atoms with E-state index >= 15 is 0 Å². The van der Waals surface area contributed by atoms with Crippen LogP contribution in [0.1, 0.15) is 98.8 Å². The Labute approximate surface area is 212 Å². The Balaban J connectivity index is 2.25. The molecule has 0 aromatic carbocycles. The standard InChI is InChI=1S/C29H46O6/c1-9-12-13-14-15-16-17-18-24-21(4)29(33-25(24)32-22(5)30)20-23(11-3)28(35-29,19-10-2)26(31)34-27(6,7)8/h10-11,23-25H,2-4,9,12-20H2,1,5-8H3/t23-,24?,25?,28-,29?/m1/s1. The number of hydrogen-bond donors (Lipinski definition) is 0. The van der Waals surface area contributed by atoms with Gasteiger partial charge >= 0.3 is 11.9 Å². The molecular weight excluding hydrogens is 444 g/mol. The van der Waals surface area contributed by atoms with Crippen LogP contribution >= 0.6 is 0 Å². The van der Waals surface area contributed by atoms with E-state index in [9.17, 15) is 9.59 Å². The first-order valence-electron chi connectivity index (χ1n) is 13.2. The van der Waals surface area contributed by atoms with E-state index in [0.717, 1.165) is 19.3 Å². The van der Waals surface area contributed by atoms with Gasteiger partial charge in [-0.1, -0.05) is 70.6 Å². The van der Waals surface area contributed by atoms with Gasteiger partial charge in [-0.3, -0.25) is 4.79 Å². The molecule has 2 fully saturated rings. The van der Waals surface area contributed by atoms with E-state index in [-0.39, 0.29) is 18.3 Å². The van der Waals surface area contributed by atoms with E-state index in [1.54, 1.807) is 12.2 Å². The molecule has 2 aliphatic heterocycles. The number of rotatable bonds is 13. The summed E-state index contributed by atoms with van der Waals surface area (Å²) in [4.78, 5) is 25.3. The van der Waals surface area contributed by atoms with E-state index in [2.05, 4.69) is 26.7 Å². The summed E-state index contributed by atoms with van der Waals surface area (Å²) in [6.07, 6.45) is 12.2. The monoisotopic (exact) mass is 490 g/mol. The van der Waals surface area contributed by atoms with Gasteiger partial charge in [-0.25, -0.2) is 4.79 Å². The predicted molar refractivity (Wildman–Crippen MR) is 137 cm³/mol. The van der Waals surface area contributed by atoms with Crippen LogP contribution in [0.25, 0.3) is 0 Å². The van der Waals surface area contributed by atoms with Gasteiger partial charge in [0, 0.05) is 31.6 Å². The Bertz CT molecular complexity index is 781. The smallest absolute Gasteiger partial charge is 0.340 e. The zero-order valence-corrected chi connectivity index (χ0v) is 22.5. The molecule has 2 aliphatic rings. The van der Waals surface area contributed by atoms with Crippen LogP contribution in [-0.4, -0.2) is 35.2 Å². The van der Waals surface area contributed by atoms with Gasteiger partial charge in [0.05, 0.1) is 0 Å². The third-order valence-electron chi connectivity index (χ3n) is 6.88. The van der Waals surface area contributed by atoms with Gasteiger partial charge in [0.1, 0.15) is 5.60 Å². The Hall–Kier alpha value is -1.92. The lowest BCUT2D eigenvalue weighted by molar-refractivity contribution is -0.270. The van der Waals surface area contributed by atoms with E-state index in [1.165, 1.54) is 39.0 Å². The van der Waals surface area contributed by atoms with Gasteiger partial charge in [0.2, 0.25) is 6.29 Å². The van der Waals surface area contributed by atoms with Crippen molar-refractivity contribution < 1.29 is 28.5 Å². The van der Waals surface area contributed by atoms with Crippen molar-refractivity contribution in [2.24, 2.45) is 11.8 Å². The van der Waals surface area contributed by atoms with Crippen LogP contribution in [0.2, 0.25) is 0 Å². The van der Waals surface area contributed by atoms with Gasteiger partial charge in [0.25, 0.3) is 0 Å². The van der Waals surface area contributed by atoms with Gasteiger partial charge in [-0.2, -0.15) is 0 Å². The Morgan fingerprint density at radius 3 is 2.29 bits per heavy atom. The summed E-state index contributed by atoms with van der Waals surface area (Å²) in [5.74, 6) is -2.76. The molecule has 1 spiro atoms. The number of carbonyl (C=O) groups is 2. The highest BCUT2D eigenvalue weighted by Gasteiger charge is 2.66. The predicted octanol–water partition coefficient (Wildman–Crippen LogP) is 6.79. The third kappa shape index (κ3) is 7.07. The molecule has 5 atom stereocenters. The first-order chi connectivity index (χ1) is 16.4. The summed E-state index contributed by atoms with van der Waals surface area (Å²) < 4.78 is 24.2. The highest BCUT2D eigenvalue weighted by atomic mass is 16.8. The fourth-order valence-corrected chi connectivity index (χ4v) is 5.15. The van der Waals surface area contributed by atoms with Gasteiger partial charge in [-0.05, 0) is 32.8 Å². The SMILES string of the molecule is C=CC[C@@]1(C(=O)OC(C)(C)C)OC2(C[C@H]1C=C)OC(OC(C)=O)C(CCCCCCCCC)C2=C. The van der Waals surface area contributed by atoms with E-state index in [0.29, 0.717) is 12.0 Å². The van der Waals surface area contributed by atoms with Crippen molar-refractivity contribution in [3.63, 3.8) is 0 Å². The molecule has 2 rings (SSSR count). The Morgan fingerprint density at radius 1 is 1.11 bits per heavy atom. The lowest BCUT2D eigenvalue weighted by Gasteiger charge is -2.34. The minimum absolute atomic E-state index is 0.210.